The summed E-state index contributed by atoms with van der Waals surface area (Å²) in [6.07, 6.45) is 19.0. The number of aliphatic hydroxyl groups is 1. The number of hydrogen-bond acceptors (Lipinski definition) is 9. The van der Waals surface area contributed by atoms with Crippen molar-refractivity contribution in [1.82, 2.24) is 9.78 Å². The number of nitriles is 2. The van der Waals surface area contributed by atoms with Crippen molar-refractivity contribution in [2.75, 3.05) is 37.1 Å². The zero-order chi connectivity index (χ0) is 57.8. The number of aryl methyl sites for hydroxylation is 1. The molecule has 4 saturated carbocycles. The monoisotopic (exact) mass is 1230 g/mol. The van der Waals surface area contributed by atoms with Crippen LogP contribution in [0.3, 0.4) is 0 Å². The summed E-state index contributed by atoms with van der Waals surface area (Å²) in [4.78, 5) is 32.2. The Kier molecular flexibility index (Phi) is 21.4. The molecule has 0 atom stereocenters. The minimum Gasteiger partial charge on any atom is -0.495 e. The fourth-order valence-electron chi connectivity index (χ4n) is 12.6. The Morgan fingerprint density at radius 1 is 0.667 bits per heavy atom. The van der Waals surface area contributed by atoms with Crippen LogP contribution < -0.4 is 19.3 Å². The van der Waals surface area contributed by atoms with E-state index in [1.165, 1.54) is 11.1 Å². The highest BCUT2D eigenvalue weighted by Gasteiger charge is 2.41. The van der Waals surface area contributed by atoms with E-state index in [0.29, 0.717) is 65.7 Å². The summed E-state index contributed by atoms with van der Waals surface area (Å²) in [5.41, 5.74) is 7.69. The van der Waals surface area contributed by atoms with Crippen LogP contribution in [0.15, 0.2) is 97.3 Å². The predicted octanol–water partition coefficient (Wildman–Crippen LogP) is 15.4. The van der Waals surface area contributed by atoms with Crippen LogP contribution in [0.25, 0.3) is 11.1 Å². The van der Waals surface area contributed by atoms with Gasteiger partial charge in [-0.3, -0.25) is 14.3 Å². The number of benzene rings is 4. The van der Waals surface area contributed by atoms with Gasteiger partial charge in [0.05, 0.1) is 37.6 Å². The average molecular weight is 1230 g/mol. The SMILES string of the molecule is CCn1cc(-c2cccc(N(CC3CCC(c4ccc(OC)c(C#N)c4)CC3)C(=O)C3CCC(O)CC3)c2)cn1.COc1ccc(C2CCC(CN(C(=O)C3CCC(O[Si](C)(C)C(C)(C)C)CC3)c3cccc(I)c3)CC2)cc1C#N. The van der Waals surface area contributed by atoms with Crippen LogP contribution in [-0.4, -0.2) is 74.5 Å². The number of rotatable bonds is 16. The van der Waals surface area contributed by atoms with Gasteiger partial charge in [-0.15, -0.1) is 0 Å². The average Bonchev–Trinajstić information content (AvgIpc) is 4.04. The molecule has 0 unspecified atom stereocenters. The number of nitrogens with zero attached hydrogens (tertiary/aromatic N) is 6. The zero-order valence-electron chi connectivity index (χ0n) is 49.3. The first-order valence-electron chi connectivity index (χ1n) is 29.9. The molecule has 14 heteroatoms. The summed E-state index contributed by atoms with van der Waals surface area (Å²) in [5, 5.41) is 33.7. The van der Waals surface area contributed by atoms with Gasteiger partial charge in [0.2, 0.25) is 11.8 Å². The number of aromatic nitrogens is 2. The third kappa shape index (κ3) is 15.8. The molecule has 12 nitrogen and oxygen atoms in total. The minimum absolute atomic E-state index is 0.0464. The maximum absolute atomic E-state index is 14.1. The summed E-state index contributed by atoms with van der Waals surface area (Å²) in [5.74, 6) is 3.49. The van der Waals surface area contributed by atoms with E-state index in [1.807, 2.05) is 52.3 Å². The van der Waals surface area contributed by atoms with Gasteiger partial charge in [-0.1, -0.05) is 51.1 Å². The molecule has 4 aliphatic rings. The minimum atomic E-state index is -1.81. The Balaban J connectivity index is 0.000000212. The highest BCUT2D eigenvalue weighted by molar-refractivity contribution is 14.1. The van der Waals surface area contributed by atoms with Crippen molar-refractivity contribution in [3.05, 3.63) is 123 Å². The second kappa shape index (κ2) is 28.2. The molecular weight excluding hydrogens is 1140 g/mol. The van der Waals surface area contributed by atoms with E-state index >= 15 is 0 Å². The highest BCUT2D eigenvalue weighted by atomic mass is 127. The Morgan fingerprint density at radius 3 is 1.59 bits per heavy atom. The van der Waals surface area contributed by atoms with E-state index in [1.54, 1.807) is 14.2 Å². The molecule has 432 valence electrons. The van der Waals surface area contributed by atoms with Crippen molar-refractivity contribution in [3.8, 4) is 34.8 Å². The van der Waals surface area contributed by atoms with Crippen LogP contribution in [0, 0.1) is 49.9 Å². The molecule has 0 radical (unpaired) electrons. The summed E-state index contributed by atoms with van der Waals surface area (Å²) in [7, 11) is 1.39. The predicted molar refractivity (Wildman–Crippen MR) is 334 cm³/mol. The maximum Gasteiger partial charge on any atom is 0.230 e. The fourth-order valence-corrected chi connectivity index (χ4v) is 14.6. The second-order valence-corrected chi connectivity index (χ2v) is 31.0. The lowest BCUT2D eigenvalue weighted by atomic mass is 9.78. The Hall–Kier alpha value is -5.52. The summed E-state index contributed by atoms with van der Waals surface area (Å²) >= 11 is 2.35. The number of amides is 2. The van der Waals surface area contributed by atoms with Gasteiger partial charge < -0.3 is 28.8 Å². The number of halogens is 1. The van der Waals surface area contributed by atoms with Crippen molar-refractivity contribution < 1.29 is 28.6 Å². The molecule has 1 aromatic heterocycles. The normalized spacial score (nSPS) is 23.2. The zero-order valence-corrected chi connectivity index (χ0v) is 52.5. The largest absolute Gasteiger partial charge is 0.495 e. The number of hydrogen-bond donors (Lipinski definition) is 1. The first kappa shape index (κ1) is 61.5. The Bertz CT molecular complexity index is 2980. The first-order valence-corrected chi connectivity index (χ1v) is 33.9. The van der Waals surface area contributed by atoms with Crippen molar-refractivity contribution in [3.63, 3.8) is 0 Å². The van der Waals surface area contributed by atoms with Crippen LogP contribution >= 0.6 is 22.6 Å². The van der Waals surface area contributed by atoms with Gasteiger partial charge in [0.15, 0.2) is 8.32 Å². The van der Waals surface area contributed by atoms with Gasteiger partial charge >= 0.3 is 0 Å². The molecule has 0 spiro atoms. The van der Waals surface area contributed by atoms with E-state index in [9.17, 15) is 25.2 Å². The number of anilines is 2. The smallest absolute Gasteiger partial charge is 0.230 e. The van der Waals surface area contributed by atoms with Gasteiger partial charge in [-0.2, -0.15) is 15.6 Å². The standard InChI is InChI=1S/C34H47IN2O3Si.C33H40N4O3/c1-34(2,3)41(5,6)40-31-17-14-26(15-18-31)33(38)37(30-9-7-8-29(35)21-30)23-24-10-12-25(13-11-24)27-16-19-32(39-4)28(20-27)22-36;1-3-36-22-29(20-35-36)26-5-4-6-30(18-26)37(33(39)25-11-14-31(38)15-12-25)21-23-7-9-24(10-8-23)27-13-16-32(40-2)28(17-27)19-34/h7-9,16,19-21,24-26,31H,10-15,17-18,23H2,1-6H3;4-6,13,16-18,20,22-25,31,38H,3,7-12,14-15,21H2,1-2H3. The van der Waals surface area contributed by atoms with Crippen LogP contribution in [0.4, 0.5) is 11.4 Å². The van der Waals surface area contributed by atoms with Gasteiger partial charge in [0.1, 0.15) is 23.6 Å². The molecule has 4 aliphatic carbocycles. The summed E-state index contributed by atoms with van der Waals surface area (Å²) in [6, 6.07) is 33.2. The molecule has 2 amide bonds. The summed E-state index contributed by atoms with van der Waals surface area (Å²) < 4.78 is 20.4. The maximum atomic E-state index is 14.1. The lowest BCUT2D eigenvalue weighted by Crippen LogP contribution is -2.46. The van der Waals surface area contributed by atoms with Crippen LogP contribution in [0.5, 0.6) is 11.5 Å². The van der Waals surface area contributed by atoms with Crippen LogP contribution in [0.2, 0.25) is 18.1 Å². The molecule has 81 heavy (non-hydrogen) atoms. The van der Waals surface area contributed by atoms with Crippen LogP contribution in [0.1, 0.15) is 165 Å². The number of methoxy groups -OCH3 is 2. The van der Waals surface area contributed by atoms with Crippen LogP contribution in [-0.2, 0) is 20.6 Å². The van der Waals surface area contributed by atoms with E-state index in [4.69, 9.17) is 13.9 Å². The van der Waals surface area contributed by atoms with Gasteiger partial charge in [-0.05, 0) is 245 Å². The summed E-state index contributed by atoms with van der Waals surface area (Å²) in [6.45, 7) is 15.9. The van der Waals surface area contributed by atoms with Gasteiger partial charge in [-0.25, -0.2) is 0 Å². The second-order valence-electron chi connectivity index (χ2n) is 24.9. The van der Waals surface area contributed by atoms with Crippen molar-refractivity contribution in [1.29, 1.82) is 10.5 Å². The molecule has 1 N–H and O–H groups in total. The number of ether oxygens (including phenoxy) is 2. The van der Waals surface area contributed by atoms with E-state index in [2.05, 4.69) is 140 Å². The lowest BCUT2D eigenvalue weighted by Gasteiger charge is -2.41. The third-order valence-electron chi connectivity index (χ3n) is 18.6. The molecule has 1 heterocycles. The molecule has 0 aliphatic heterocycles. The first-order chi connectivity index (χ1) is 38.9. The number of aliphatic hydroxyl groups excluding tert-OH is 1. The molecule has 9 rings (SSSR count). The molecule has 0 bridgehead atoms. The van der Waals surface area contributed by atoms with E-state index in [-0.39, 0.29) is 40.9 Å². The quantitative estimate of drug-likeness (QED) is 0.0751. The molecule has 0 saturated heterocycles. The van der Waals surface area contributed by atoms with Crippen molar-refractivity contribution >= 4 is 54.1 Å². The topological polar surface area (TPSA) is 154 Å². The number of carbonyl (C=O) groups is 2. The lowest BCUT2D eigenvalue weighted by molar-refractivity contribution is -0.124. The third-order valence-corrected chi connectivity index (χ3v) is 23.8. The fraction of sp³-hybridized carbons (Fsp3) is 0.537. The Labute approximate surface area is 497 Å². The Morgan fingerprint density at radius 2 is 1.15 bits per heavy atom. The van der Waals surface area contributed by atoms with Gasteiger partial charge in [0, 0.05) is 64.3 Å². The van der Waals surface area contributed by atoms with Gasteiger partial charge in [0.25, 0.3) is 0 Å². The van der Waals surface area contributed by atoms with E-state index < -0.39 is 8.32 Å². The van der Waals surface area contributed by atoms with Crippen molar-refractivity contribution in [2.45, 2.75) is 179 Å². The molecule has 5 aromatic rings. The molecule has 4 fully saturated rings. The highest BCUT2D eigenvalue weighted by Crippen LogP contribution is 2.43. The van der Waals surface area contributed by atoms with Crippen molar-refractivity contribution in [2.24, 2.45) is 23.7 Å². The van der Waals surface area contributed by atoms with E-state index in [0.717, 1.165) is 129 Å². The molecular formula is C67H87IN6O6Si. The number of carbonyl (C=O) groups excluding carboxylic acids is 2. The molecule has 4 aromatic carbocycles.